The number of carbonyl (C=O) groups is 1. The summed E-state index contributed by atoms with van der Waals surface area (Å²) in [7, 11) is 1.45. The number of ether oxygens (including phenoxy) is 1. The Morgan fingerprint density at radius 2 is 1.86 bits per heavy atom. The zero-order chi connectivity index (χ0) is 15.2. The molecule has 0 aliphatic heterocycles. The summed E-state index contributed by atoms with van der Waals surface area (Å²) in [4.78, 5) is 12.1. The highest BCUT2D eigenvalue weighted by Crippen LogP contribution is 2.26. The molecule has 110 valence electrons. The van der Waals surface area contributed by atoms with Crippen LogP contribution < -0.4 is 10.1 Å². The minimum Gasteiger partial charge on any atom is -0.508 e. The molecule has 21 heavy (non-hydrogen) atoms. The smallest absolute Gasteiger partial charge is 0.258 e. The summed E-state index contributed by atoms with van der Waals surface area (Å²) in [5.74, 6) is 0.0408. The summed E-state index contributed by atoms with van der Waals surface area (Å²) in [5, 5.41) is 21.7. The number of hydrogen-bond donors (Lipinski definition) is 3. The fraction of sp³-hybridized carbons (Fsp3) is 0.188. The molecule has 0 saturated heterocycles. The molecule has 5 nitrogen and oxygen atoms in total. The number of carbonyl (C=O) groups excluding carboxylic acids is 1. The van der Waals surface area contributed by atoms with Crippen molar-refractivity contribution in [1.29, 1.82) is 0 Å². The van der Waals surface area contributed by atoms with Crippen molar-refractivity contribution in [2.75, 3.05) is 13.7 Å². The van der Waals surface area contributed by atoms with E-state index in [1.165, 1.54) is 13.2 Å². The van der Waals surface area contributed by atoms with Gasteiger partial charge in [0.2, 0.25) is 0 Å². The topological polar surface area (TPSA) is 78.8 Å². The van der Waals surface area contributed by atoms with Crippen LogP contribution in [0, 0.1) is 0 Å². The third-order valence-corrected chi connectivity index (χ3v) is 3.09. The number of amides is 1. The third-order valence-electron chi connectivity index (χ3n) is 3.09. The Morgan fingerprint density at radius 3 is 2.52 bits per heavy atom. The lowest BCUT2D eigenvalue weighted by atomic mass is 10.1. The van der Waals surface area contributed by atoms with Gasteiger partial charge in [-0.1, -0.05) is 18.2 Å². The van der Waals surface area contributed by atoms with Crippen molar-refractivity contribution in [2.45, 2.75) is 6.42 Å². The van der Waals surface area contributed by atoms with Crippen LogP contribution in [-0.4, -0.2) is 29.8 Å². The van der Waals surface area contributed by atoms with E-state index in [0.29, 0.717) is 18.7 Å². The largest absolute Gasteiger partial charge is 0.508 e. The van der Waals surface area contributed by atoms with Crippen LogP contribution in [0.1, 0.15) is 15.9 Å². The number of methoxy groups -OCH3 is 1. The number of hydrogen-bond acceptors (Lipinski definition) is 4. The van der Waals surface area contributed by atoms with Crippen molar-refractivity contribution in [1.82, 2.24) is 5.32 Å². The summed E-state index contributed by atoms with van der Waals surface area (Å²) < 4.78 is 5.08. The molecule has 2 rings (SSSR count). The summed E-state index contributed by atoms with van der Waals surface area (Å²) in [6.07, 6.45) is 0.627. The van der Waals surface area contributed by atoms with Gasteiger partial charge in [-0.05, 0) is 36.2 Å². The number of phenolic OH excluding ortho intramolecular Hbond substituents is 2. The zero-order valence-corrected chi connectivity index (χ0v) is 11.7. The molecule has 0 unspecified atom stereocenters. The van der Waals surface area contributed by atoms with E-state index in [1.54, 1.807) is 36.4 Å². The number of aromatic hydroxyl groups is 2. The molecule has 0 aliphatic rings. The molecule has 0 saturated carbocycles. The molecule has 0 fully saturated rings. The lowest BCUT2D eigenvalue weighted by Crippen LogP contribution is -2.26. The summed E-state index contributed by atoms with van der Waals surface area (Å²) in [5.41, 5.74) is 1.13. The standard InChI is InChI=1S/C16H17NO4/c1-21-14-4-2-3-13(19)15(14)16(20)17-10-9-11-5-7-12(18)8-6-11/h2-8,18-19H,9-10H2,1H3,(H,17,20). The fourth-order valence-corrected chi connectivity index (χ4v) is 1.99. The van der Waals surface area contributed by atoms with Gasteiger partial charge in [0.15, 0.2) is 0 Å². The van der Waals surface area contributed by atoms with Gasteiger partial charge in [0.25, 0.3) is 5.91 Å². The Balaban J connectivity index is 1.97. The van der Waals surface area contributed by atoms with Crippen LogP contribution in [0.4, 0.5) is 0 Å². The van der Waals surface area contributed by atoms with E-state index < -0.39 is 0 Å². The molecule has 0 radical (unpaired) electrons. The lowest BCUT2D eigenvalue weighted by Gasteiger charge is -2.10. The molecule has 0 bridgehead atoms. The van der Waals surface area contributed by atoms with E-state index >= 15 is 0 Å². The summed E-state index contributed by atoms with van der Waals surface area (Å²) >= 11 is 0. The molecule has 0 aliphatic carbocycles. The maximum atomic E-state index is 12.1. The molecule has 2 aromatic carbocycles. The number of nitrogens with one attached hydrogen (secondary N) is 1. The van der Waals surface area contributed by atoms with Crippen molar-refractivity contribution in [3.05, 3.63) is 53.6 Å². The quantitative estimate of drug-likeness (QED) is 0.786. The second kappa shape index (κ2) is 6.65. The van der Waals surface area contributed by atoms with Crippen LogP contribution in [0.15, 0.2) is 42.5 Å². The first kappa shape index (κ1) is 14.7. The van der Waals surface area contributed by atoms with E-state index in [1.807, 2.05) is 0 Å². The molecule has 3 N–H and O–H groups in total. The van der Waals surface area contributed by atoms with Gasteiger partial charge in [0.1, 0.15) is 22.8 Å². The van der Waals surface area contributed by atoms with Crippen molar-refractivity contribution >= 4 is 5.91 Å². The van der Waals surface area contributed by atoms with Crippen molar-refractivity contribution in [3.8, 4) is 17.2 Å². The molecular formula is C16H17NO4. The minimum atomic E-state index is -0.385. The zero-order valence-electron chi connectivity index (χ0n) is 11.7. The van der Waals surface area contributed by atoms with Gasteiger partial charge in [-0.15, -0.1) is 0 Å². The first-order chi connectivity index (χ1) is 10.1. The summed E-state index contributed by atoms with van der Waals surface area (Å²) in [6.45, 7) is 0.418. The molecule has 0 aromatic heterocycles. The van der Waals surface area contributed by atoms with Crippen LogP contribution in [0.5, 0.6) is 17.2 Å². The van der Waals surface area contributed by atoms with Crippen LogP contribution in [0.2, 0.25) is 0 Å². The van der Waals surface area contributed by atoms with Gasteiger partial charge in [0.05, 0.1) is 7.11 Å². The maximum absolute atomic E-state index is 12.1. The van der Waals surface area contributed by atoms with Crippen molar-refractivity contribution in [3.63, 3.8) is 0 Å². The highest BCUT2D eigenvalue weighted by Gasteiger charge is 2.16. The number of phenols is 2. The van der Waals surface area contributed by atoms with Crippen LogP contribution in [0.3, 0.4) is 0 Å². The molecule has 0 heterocycles. The monoisotopic (exact) mass is 287 g/mol. The molecular weight excluding hydrogens is 270 g/mol. The van der Waals surface area contributed by atoms with E-state index in [-0.39, 0.29) is 23.0 Å². The predicted octanol–water partition coefficient (Wildman–Crippen LogP) is 2.08. The molecule has 5 heteroatoms. The van der Waals surface area contributed by atoms with Crippen LogP contribution in [0.25, 0.3) is 0 Å². The van der Waals surface area contributed by atoms with Crippen LogP contribution in [-0.2, 0) is 6.42 Å². The molecule has 0 spiro atoms. The maximum Gasteiger partial charge on any atom is 0.258 e. The summed E-state index contributed by atoms with van der Waals surface area (Å²) in [6, 6.07) is 11.5. The van der Waals surface area contributed by atoms with Gasteiger partial charge in [0, 0.05) is 6.54 Å². The van der Waals surface area contributed by atoms with E-state index in [2.05, 4.69) is 5.32 Å². The van der Waals surface area contributed by atoms with Gasteiger partial charge in [-0.2, -0.15) is 0 Å². The second-order valence-electron chi connectivity index (χ2n) is 4.53. The molecule has 0 atom stereocenters. The van der Waals surface area contributed by atoms with E-state index in [0.717, 1.165) is 5.56 Å². The minimum absolute atomic E-state index is 0.114. The van der Waals surface area contributed by atoms with Crippen molar-refractivity contribution < 1.29 is 19.7 Å². The highest BCUT2D eigenvalue weighted by atomic mass is 16.5. The van der Waals surface area contributed by atoms with Gasteiger partial charge in [-0.25, -0.2) is 0 Å². The first-order valence-corrected chi connectivity index (χ1v) is 6.54. The fourth-order valence-electron chi connectivity index (χ4n) is 1.99. The average Bonchev–Trinajstić information content (AvgIpc) is 2.48. The normalized spacial score (nSPS) is 10.1. The Labute approximate surface area is 122 Å². The van der Waals surface area contributed by atoms with Gasteiger partial charge in [-0.3, -0.25) is 4.79 Å². The van der Waals surface area contributed by atoms with Gasteiger partial charge < -0.3 is 20.3 Å². The Kier molecular flexibility index (Phi) is 4.66. The molecule has 1 amide bonds. The number of benzene rings is 2. The third kappa shape index (κ3) is 3.66. The average molecular weight is 287 g/mol. The highest BCUT2D eigenvalue weighted by molar-refractivity contribution is 5.99. The van der Waals surface area contributed by atoms with Gasteiger partial charge >= 0.3 is 0 Å². The Hall–Kier alpha value is -2.69. The SMILES string of the molecule is COc1cccc(O)c1C(=O)NCCc1ccc(O)cc1. The Bertz CT molecular complexity index is 623. The lowest BCUT2D eigenvalue weighted by molar-refractivity contribution is 0.0948. The first-order valence-electron chi connectivity index (χ1n) is 6.54. The van der Waals surface area contributed by atoms with Crippen LogP contribution >= 0.6 is 0 Å². The second-order valence-corrected chi connectivity index (χ2v) is 4.53. The van der Waals surface area contributed by atoms with E-state index in [4.69, 9.17) is 4.74 Å². The molecule has 2 aromatic rings. The van der Waals surface area contributed by atoms with E-state index in [9.17, 15) is 15.0 Å². The Morgan fingerprint density at radius 1 is 1.14 bits per heavy atom. The number of rotatable bonds is 5. The predicted molar refractivity (Wildman–Crippen MR) is 78.8 cm³/mol. The van der Waals surface area contributed by atoms with Crippen molar-refractivity contribution in [2.24, 2.45) is 0 Å².